The Hall–Kier alpha value is -2.10. The van der Waals surface area contributed by atoms with Crippen LogP contribution >= 0.6 is 0 Å². The Morgan fingerprint density at radius 1 is 1.35 bits per heavy atom. The standard InChI is InChI=1S/C13H13NO3/c1-8(2)17-12-7-11(13(15)16)14-10-6-4-3-5-9(10)12/h3-8H,1-2H3,(H,15,16). The fraction of sp³-hybridized carbons (Fsp3) is 0.231. The summed E-state index contributed by atoms with van der Waals surface area (Å²) >= 11 is 0. The molecule has 0 unspecified atom stereocenters. The van der Waals surface area contributed by atoms with Crippen LogP contribution in [0.2, 0.25) is 0 Å². The number of aromatic nitrogens is 1. The van der Waals surface area contributed by atoms with Gasteiger partial charge in [0.05, 0.1) is 11.6 Å². The quantitative estimate of drug-likeness (QED) is 0.882. The van der Waals surface area contributed by atoms with E-state index < -0.39 is 5.97 Å². The van der Waals surface area contributed by atoms with Crippen molar-refractivity contribution in [3.8, 4) is 5.75 Å². The van der Waals surface area contributed by atoms with E-state index in [0.717, 1.165) is 5.39 Å². The van der Waals surface area contributed by atoms with Gasteiger partial charge in [-0.25, -0.2) is 9.78 Å². The second-order valence-corrected chi connectivity index (χ2v) is 3.99. The maximum atomic E-state index is 11.0. The topological polar surface area (TPSA) is 59.4 Å². The van der Waals surface area contributed by atoms with E-state index in [-0.39, 0.29) is 11.8 Å². The molecule has 88 valence electrons. The Kier molecular flexibility index (Phi) is 2.95. The maximum absolute atomic E-state index is 11.0. The highest BCUT2D eigenvalue weighted by Crippen LogP contribution is 2.26. The minimum absolute atomic E-state index is 0.000602. The van der Waals surface area contributed by atoms with Crippen molar-refractivity contribution in [2.45, 2.75) is 20.0 Å². The molecule has 0 spiro atoms. The number of pyridine rings is 1. The average molecular weight is 231 g/mol. The van der Waals surface area contributed by atoms with E-state index in [1.54, 1.807) is 6.07 Å². The molecule has 0 saturated carbocycles. The predicted molar refractivity (Wildman–Crippen MR) is 64.5 cm³/mol. The molecule has 0 atom stereocenters. The number of aromatic carboxylic acids is 1. The smallest absolute Gasteiger partial charge is 0.354 e. The number of hydrogen-bond donors (Lipinski definition) is 1. The lowest BCUT2D eigenvalue weighted by atomic mass is 10.2. The first-order chi connectivity index (χ1) is 8.08. The second kappa shape index (κ2) is 4.41. The van der Waals surface area contributed by atoms with Gasteiger partial charge in [0.15, 0.2) is 5.69 Å². The molecule has 17 heavy (non-hydrogen) atoms. The van der Waals surface area contributed by atoms with Gasteiger partial charge in [0.25, 0.3) is 0 Å². The highest BCUT2D eigenvalue weighted by Gasteiger charge is 2.12. The van der Waals surface area contributed by atoms with Crippen LogP contribution in [-0.4, -0.2) is 22.2 Å². The third-order valence-corrected chi connectivity index (χ3v) is 2.26. The maximum Gasteiger partial charge on any atom is 0.354 e. The number of carboxylic acid groups (broad SMARTS) is 1. The molecule has 1 N–H and O–H groups in total. The number of carbonyl (C=O) groups is 1. The van der Waals surface area contributed by atoms with Gasteiger partial charge in [-0.15, -0.1) is 0 Å². The van der Waals surface area contributed by atoms with Gasteiger partial charge in [0.1, 0.15) is 5.75 Å². The lowest BCUT2D eigenvalue weighted by Gasteiger charge is -2.12. The van der Waals surface area contributed by atoms with Gasteiger partial charge in [0, 0.05) is 11.5 Å². The van der Waals surface area contributed by atoms with E-state index in [1.165, 1.54) is 6.07 Å². The lowest BCUT2D eigenvalue weighted by molar-refractivity contribution is 0.0690. The van der Waals surface area contributed by atoms with Crippen molar-refractivity contribution in [2.24, 2.45) is 0 Å². The van der Waals surface area contributed by atoms with Crippen molar-refractivity contribution in [1.82, 2.24) is 4.98 Å². The molecule has 1 aromatic carbocycles. The van der Waals surface area contributed by atoms with Crippen LogP contribution in [0.4, 0.5) is 0 Å². The number of carboxylic acids is 1. The molecule has 0 radical (unpaired) electrons. The summed E-state index contributed by atoms with van der Waals surface area (Å²) in [5, 5.41) is 9.81. The van der Waals surface area contributed by atoms with Crippen LogP contribution in [0.25, 0.3) is 10.9 Å². The number of benzene rings is 1. The van der Waals surface area contributed by atoms with Gasteiger partial charge >= 0.3 is 5.97 Å². The molecule has 0 fully saturated rings. The monoisotopic (exact) mass is 231 g/mol. The zero-order valence-corrected chi connectivity index (χ0v) is 9.68. The average Bonchev–Trinajstić information content (AvgIpc) is 2.28. The molecule has 2 aromatic rings. The minimum Gasteiger partial charge on any atom is -0.490 e. The summed E-state index contributed by atoms with van der Waals surface area (Å²) in [5.74, 6) is -0.493. The summed E-state index contributed by atoms with van der Waals surface area (Å²) in [4.78, 5) is 15.0. The van der Waals surface area contributed by atoms with Crippen LogP contribution in [0.3, 0.4) is 0 Å². The number of nitrogens with zero attached hydrogens (tertiary/aromatic N) is 1. The molecule has 4 heteroatoms. The fourth-order valence-electron chi connectivity index (χ4n) is 1.60. The van der Waals surface area contributed by atoms with Crippen LogP contribution in [-0.2, 0) is 0 Å². The predicted octanol–water partition coefficient (Wildman–Crippen LogP) is 2.72. The molecule has 0 aliphatic rings. The molecule has 0 aliphatic carbocycles. The largest absolute Gasteiger partial charge is 0.490 e. The third-order valence-electron chi connectivity index (χ3n) is 2.26. The summed E-state index contributed by atoms with van der Waals surface area (Å²) in [6.45, 7) is 3.80. The van der Waals surface area contributed by atoms with Crippen molar-refractivity contribution in [3.05, 3.63) is 36.0 Å². The van der Waals surface area contributed by atoms with E-state index in [4.69, 9.17) is 9.84 Å². The van der Waals surface area contributed by atoms with E-state index in [9.17, 15) is 4.79 Å². The van der Waals surface area contributed by atoms with Crippen LogP contribution in [0, 0.1) is 0 Å². The zero-order valence-electron chi connectivity index (χ0n) is 9.68. The third kappa shape index (κ3) is 2.36. The van der Waals surface area contributed by atoms with Crippen LogP contribution < -0.4 is 4.74 Å². The number of fused-ring (bicyclic) bond motifs is 1. The van der Waals surface area contributed by atoms with E-state index in [0.29, 0.717) is 11.3 Å². The fourth-order valence-corrected chi connectivity index (χ4v) is 1.60. The van der Waals surface area contributed by atoms with Gasteiger partial charge in [-0.2, -0.15) is 0 Å². The van der Waals surface area contributed by atoms with Crippen molar-refractivity contribution < 1.29 is 14.6 Å². The molecule has 0 aliphatic heterocycles. The van der Waals surface area contributed by atoms with Crippen molar-refractivity contribution >= 4 is 16.9 Å². The van der Waals surface area contributed by atoms with Gasteiger partial charge in [-0.05, 0) is 26.0 Å². The summed E-state index contributed by atoms with van der Waals surface area (Å²) in [6.07, 6.45) is -0.0116. The highest BCUT2D eigenvalue weighted by atomic mass is 16.5. The summed E-state index contributed by atoms with van der Waals surface area (Å²) in [7, 11) is 0. The molecular formula is C13H13NO3. The molecule has 1 aromatic heterocycles. The van der Waals surface area contributed by atoms with Crippen LogP contribution in [0.15, 0.2) is 30.3 Å². The summed E-state index contributed by atoms with van der Waals surface area (Å²) < 4.78 is 5.61. The molecule has 4 nitrogen and oxygen atoms in total. The van der Waals surface area contributed by atoms with Crippen molar-refractivity contribution in [2.75, 3.05) is 0 Å². The number of hydrogen-bond acceptors (Lipinski definition) is 3. The number of para-hydroxylation sites is 1. The summed E-state index contributed by atoms with van der Waals surface area (Å²) in [6, 6.07) is 8.79. The van der Waals surface area contributed by atoms with Gasteiger partial charge < -0.3 is 9.84 Å². The van der Waals surface area contributed by atoms with Gasteiger partial charge in [-0.3, -0.25) is 0 Å². The number of ether oxygens (including phenoxy) is 1. The number of rotatable bonds is 3. The molecule has 0 saturated heterocycles. The molecule has 0 amide bonds. The molecule has 1 heterocycles. The highest BCUT2D eigenvalue weighted by molar-refractivity contribution is 5.93. The Labute approximate surface area is 98.9 Å². The second-order valence-electron chi connectivity index (χ2n) is 3.99. The molecule has 0 bridgehead atoms. The van der Waals surface area contributed by atoms with Crippen LogP contribution in [0.1, 0.15) is 24.3 Å². The lowest BCUT2D eigenvalue weighted by Crippen LogP contribution is -2.08. The zero-order chi connectivity index (χ0) is 12.4. The van der Waals surface area contributed by atoms with E-state index in [2.05, 4.69) is 4.98 Å². The van der Waals surface area contributed by atoms with Gasteiger partial charge in [-0.1, -0.05) is 12.1 Å². The van der Waals surface area contributed by atoms with Crippen molar-refractivity contribution in [1.29, 1.82) is 0 Å². The van der Waals surface area contributed by atoms with E-state index in [1.807, 2.05) is 32.0 Å². The SMILES string of the molecule is CC(C)Oc1cc(C(=O)O)nc2ccccc12. The Morgan fingerprint density at radius 2 is 2.06 bits per heavy atom. The Bertz CT molecular complexity index is 564. The summed E-state index contributed by atoms with van der Waals surface area (Å²) in [5.41, 5.74) is 0.627. The molecule has 2 rings (SSSR count). The van der Waals surface area contributed by atoms with E-state index >= 15 is 0 Å². The first-order valence-corrected chi connectivity index (χ1v) is 5.37. The first kappa shape index (κ1) is 11.4. The normalized spacial score (nSPS) is 10.8. The minimum atomic E-state index is -1.05. The van der Waals surface area contributed by atoms with Crippen LogP contribution in [0.5, 0.6) is 5.75 Å². The Morgan fingerprint density at radius 3 is 2.71 bits per heavy atom. The Balaban J connectivity index is 2.64. The molecular weight excluding hydrogens is 218 g/mol. The van der Waals surface area contributed by atoms with Crippen molar-refractivity contribution in [3.63, 3.8) is 0 Å². The first-order valence-electron chi connectivity index (χ1n) is 5.37. The van der Waals surface area contributed by atoms with Gasteiger partial charge in [0.2, 0.25) is 0 Å².